The lowest BCUT2D eigenvalue weighted by molar-refractivity contribution is -0.124. The zero-order chi connectivity index (χ0) is 15.2. The summed E-state index contributed by atoms with van der Waals surface area (Å²) in [4.78, 5) is 23.5. The van der Waals surface area contributed by atoms with E-state index in [4.69, 9.17) is 5.21 Å². The lowest BCUT2D eigenvalue weighted by Gasteiger charge is -2.00. The van der Waals surface area contributed by atoms with Gasteiger partial charge in [0.05, 0.1) is 4.88 Å². The number of carbonyl (C=O) groups is 2. The number of hydroxylamine groups is 1. The van der Waals surface area contributed by atoms with E-state index < -0.39 is 5.91 Å². The van der Waals surface area contributed by atoms with Gasteiger partial charge in [0, 0.05) is 24.5 Å². The zero-order valence-corrected chi connectivity index (χ0v) is 12.1. The maximum Gasteiger partial charge on any atom is 0.267 e. The molecule has 21 heavy (non-hydrogen) atoms. The summed E-state index contributed by atoms with van der Waals surface area (Å²) in [6.07, 6.45) is 6.05. The molecule has 2 N–H and O–H groups in total. The lowest BCUT2D eigenvalue weighted by Crippen LogP contribution is -2.14. The Kier molecular flexibility index (Phi) is 4.86. The van der Waals surface area contributed by atoms with Gasteiger partial charge in [-0.05, 0) is 41.8 Å². The highest BCUT2D eigenvalue weighted by atomic mass is 32.1. The van der Waals surface area contributed by atoms with Crippen LogP contribution in [0.25, 0.3) is 12.2 Å². The Morgan fingerprint density at radius 1 is 1.19 bits per heavy atom. The number of thiophene rings is 1. The van der Waals surface area contributed by atoms with Crippen LogP contribution in [0.3, 0.4) is 0 Å². The fourth-order valence-corrected chi connectivity index (χ4v) is 2.38. The van der Waals surface area contributed by atoms with Crippen LogP contribution in [0.15, 0.2) is 41.8 Å². The quantitative estimate of drug-likeness (QED) is 0.386. The molecule has 0 fully saturated rings. The number of rotatable bonds is 5. The van der Waals surface area contributed by atoms with Gasteiger partial charge >= 0.3 is 0 Å². The first-order chi connectivity index (χ1) is 10.1. The Balaban J connectivity index is 2.12. The van der Waals surface area contributed by atoms with Gasteiger partial charge in [0.15, 0.2) is 5.78 Å². The lowest BCUT2D eigenvalue weighted by atomic mass is 10.2. The van der Waals surface area contributed by atoms with Gasteiger partial charge in [-0.1, -0.05) is 6.07 Å². The molecule has 0 bridgehead atoms. The molecule has 5 nitrogen and oxygen atoms in total. The monoisotopic (exact) mass is 302 g/mol. The summed E-state index contributed by atoms with van der Waals surface area (Å²) >= 11 is 1.40. The van der Waals surface area contributed by atoms with Crippen LogP contribution in [0.1, 0.15) is 21.1 Å². The number of amides is 1. The summed E-state index contributed by atoms with van der Waals surface area (Å²) in [5.74, 6) is -0.635. The second kappa shape index (κ2) is 6.83. The molecule has 108 valence electrons. The highest BCUT2D eigenvalue weighted by Crippen LogP contribution is 2.13. The van der Waals surface area contributed by atoms with Gasteiger partial charge in [0.2, 0.25) is 0 Å². The third-order valence-corrected chi connectivity index (χ3v) is 3.77. The van der Waals surface area contributed by atoms with Crippen LogP contribution in [0, 0.1) is 0 Å². The van der Waals surface area contributed by atoms with Crippen molar-refractivity contribution in [3.8, 4) is 0 Å². The minimum Gasteiger partial charge on any atom is -0.345 e. The Hall–Kier alpha value is -2.44. The van der Waals surface area contributed by atoms with E-state index in [1.807, 2.05) is 35.2 Å². The molecule has 0 unspecified atom stereocenters. The van der Waals surface area contributed by atoms with Crippen LogP contribution in [-0.2, 0) is 11.8 Å². The summed E-state index contributed by atoms with van der Waals surface area (Å²) in [6, 6.07) is 7.28. The molecule has 2 heterocycles. The van der Waals surface area contributed by atoms with E-state index in [1.165, 1.54) is 29.0 Å². The summed E-state index contributed by atoms with van der Waals surface area (Å²) in [5.41, 5.74) is 3.14. The Morgan fingerprint density at radius 3 is 2.43 bits per heavy atom. The average molecular weight is 302 g/mol. The molecule has 0 aliphatic carbocycles. The summed E-state index contributed by atoms with van der Waals surface area (Å²) in [5, 5.41) is 10.3. The first-order valence-electron chi connectivity index (χ1n) is 6.15. The maximum absolute atomic E-state index is 11.9. The van der Waals surface area contributed by atoms with E-state index in [0.717, 1.165) is 11.4 Å². The molecule has 0 radical (unpaired) electrons. The van der Waals surface area contributed by atoms with Crippen LogP contribution in [0.4, 0.5) is 0 Å². The van der Waals surface area contributed by atoms with Crippen LogP contribution in [0.5, 0.6) is 0 Å². The maximum atomic E-state index is 11.9. The molecule has 0 saturated heterocycles. The molecule has 1 amide bonds. The van der Waals surface area contributed by atoms with Crippen LogP contribution in [0.2, 0.25) is 0 Å². The van der Waals surface area contributed by atoms with Crippen molar-refractivity contribution in [1.29, 1.82) is 0 Å². The number of nitrogens with zero attached hydrogens (tertiary/aromatic N) is 1. The van der Waals surface area contributed by atoms with Gasteiger partial charge in [-0.3, -0.25) is 14.8 Å². The van der Waals surface area contributed by atoms with Gasteiger partial charge in [0.25, 0.3) is 5.91 Å². The van der Waals surface area contributed by atoms with Gasteiger partial charge < -0.3 is 4.57 Å². The topological polar surface area (TPSA) is 71.3 Å². The second-order valence-corrected chi connectivity index (χ2v) is 5.17. The van der Waals surface area contributed by atoms with Crippen molar-refractivity contribution in [2.45, 2.75) is 0 Å². The molecule has 0 aliphatic rings. The van der Waals surface area contributed by atoms with E-state index in [-0.39, 0.29) is 5.78 Å². The highest BCUT2D eigenvalue weighted by molar-refractivity contribution is 7.12. The molecule has 0 aliphatic heterocycles. The van der Waals surface area contributed by atoms with Gasteiger partial charge in [-0.15, -0.1) is 11.3 Å². The molecule has 0 spiro atoms. The standard InChI is InChI=1S/C15H14N2O3S/c1-17-11(4-5-12(17)7-9-15(19)16-20)6-8-13(18)14-3-2-10-21-14/h2-10,20H,1H3,(H,16,19)/b8-6+,9-7+. The number of nitrogens with one attached hydrogen (secondary N) is 1. The number of allylic oxidation sites excluding steroid dienone is 1. The molecular weight excluding hydrogens is 288 g/mol. The van der Waals surface area contributed by atoms with Crippen LogP contribution >= 0.6 is 11.3 Å². The largest absolute Gasteiger partial charge is 0.345 e. The second-order valence-electron chi connectivity index (χ2n) is 4.23. The number of aromatic nitrogens is 1. The third kappa shape index (κ3) is 3.77. The average Bonchev–Trinajstić information content (AvgIpc) is 3.13. The van der Waals surface area contributed by atoms with E-state index in [9.17, 15) is 9.59 Å². The van der Waals surface area contributed by atoms with E-state index in [2.05, 4.69) is 0 Å². The van der Waals surface area contributed by atoms with E-state index in [1.54, 1.807) is 18.2 Å². The minimum absolute atomic E-state index is 0.0389. The normalized spacial score (nSPS) is 11.3. The number of hydrogen-bond donors (Lipinski definition) is 2. The first kappa shape index (κ1) is 15.0. The molecule has 0 aromatic carbocycles. The number of ketones is 1. The van der Waals surface area contributed by atoms with Gasteiger partial charge in [-0.25, -0.2) is 5.48 Å². The minimum atomic E-state index is -0.596. The molecule has 6 heteroatoms. The predicted octanol–water partition coefficient (Wildman–Crippen LogP) is 2.50. The number of hydrogen-bond acceptors (Lipinski definition) is 4. The van der Waals surface area contributed by atoms with E-state index in [0.29, 0.717) is 4.88 Å². The highest BCUT2D eigenvalue weighted by Gasteiger charge is 2.04. The molecule has 2 rings (SSSR count). The third-order valence-electron chi connectivity index (χ3n) is 2.88. The van der Waals surface area contributed by atoms with Crippen LogP contribution < -0.4 is 5.48 Å². The zero-order valence-electron chi connectivity index (χ0n) is 11.3. The van der Waals surface area contributed by atoms with Crippen molar-refractivity contribution in [2.24, 2.45) is 7.05 Å². The van der Waals surface area contributed by atoms with Crippen molar-refractivity contribution in [3.63, 3.8) is 0 Å². The first-order valence-corrected chi connectivity index (χ1v) is 7.03. The Labute approximate surface area is 125 Å². The molecular formula is C15H14N2O3S. The molecule has 2 aromatic heterocycles. The fourth-order valence-electron chi connectivity index (χ4n) is 1.74. The smallest absolute Gasteiger partial charge is 0.267 e. The van der Waals surface area contributed by atoms with Crippen molar-refractivity contribution in [1.82, 2.24) is 10.0 Å². The Bertz CT molecular complexity index is 697. The van der Waals surface area contributed by atoms with Crippen molar-refractivity contribution >= 4 is 35.2 Å². The fraction of sp³-hybridized carbons (Fsp3) is 0.0667. The van der Waals surface area contributed by atoms with E-state index >= 15 is 0 Å². The van der Waals surface area contributed by atoms with Gasteiger partial charge in [-0.2, -0.15) is 0 Å². The van der Waals surface area contributed by atoms with Gasteiger partial charge in [0.1, 0.15) is 0 Å². The van der Waals surface area contributed by atoms with Crippen LogP contribution in [-0.4, -0.2) is 21.5 Å². The van der Waals surface area contributed by atoms with Crippen molar-refractivity contribution < 1.29 is 14.8 Å². The summed E-state index contributed by atoms with van der Waals surface area (Å²) in [6.45, 7) is 0. The molecule has 2 aromatic rings. The molecule has 0 atom stereocenters. The number of carbonyl (C=O) groups excluding carboxylic acids is 2. The summed E-state index contributed by atoms with van der Waals surface area (Å²) in [7, 11) is 1.83. The molecule has 0 saturated carbocycles. The van der Waals surface area contributed by atoms with Crippen molar-refractivity contribution in [3.05, 3.63) is 58.1 Å². The van der Waals surface area contributed by atoms with Crippen molar-refractivity contribution in [2.75, 3.05) is 0 Å². The SMILES string of the molecule is Cn1c(/C=C/C(=O)NO)ccc1/C=C/C(=O)c1cccs1. The predicted molar refractivity (Wildman–Crippen MR) is 82.1 cm³/mol. The summed E-state index contributed by atoms with van der Waals surface area (Å²) < 4.78 is 1.83. The Morgan fingerprint density at radius 2 is 1.86 bits per heavy atom.